The Morgan fingerprint density at radius 1 is 1.19 bits per heavy atom. The Balaban J connectivity index is 1.74. The number of aromatic nitrogens is 2. The van der Waals surface area contributed by atoms with E-state index < -0.39 is 14.9 Å². The average Bonchev–Trinajstić information content (AvgIpc) is 3.13. The van der Waals surface area contributed by atoms with Crippen LogP contribution in [0.3, 0.4) is 0 Å². The zero-order valence-electron chi connectivity index (χ0n) is 14.6. The van der Waals surface area contributed by atoms with Crippen molar-refractivity contribution in [2.24, 2.45) is 0 Å². The van der Waals surface area contributed by atoms with Gasteiger partial charge in [-0.15, -0.1) is 0 Å². The van der Waals surface area contributed by atoms with Gasteiger partial charge in [-0.25, -0.2) is 18.1 Å². The number of aryl methyl sites for hydroxylation is 1. The lowest BCUT2D eigenvalue weighted by atomic mass is 10.1. The quantitative estimate of drug-likeness (QED) is 0.496. The number of nitro groups is 1. The number of hydrogen-bond donors (Lipinski definition) is 1. The van der Waals surface area contributed by atoms with Gasteiger partial charge in [0, 0.05) is 37.1 Å². The number of imidazole rings is 1. The minimum absolute atomic E-state index is 0.0851. The fourth-order valence-corrected chi connectivity index (χ4v) is 3.68. The SMILES string of the molecule is Cc1ccc(S(=O)(=O)NCc2cccc(Cn3ccnc3)c2)cc1[N+](=O)[O-]. The van der Waals surface area contributed by atoms with Crippen molar-refractivity contribution in [3.63, 3.8) is 0 Å². The van der Waals surface area contributed by atoms with Crippen LogP contribution in [0, 0.1) is 17.0 Å². The molecule has 140 valence electrons. The topological polar surface area (TPSA) is 107 Å². The van der Waals surface area contributed by atoms with Gasteiger partial charge < -0.3 is 4.57 Å². The fourth-order valence-electron chi connectivity index (χ4n) is 2.64. The van der Waals surface area contributed by atoms with Crippen LogP contribution < -0.4 is 4.72 Å². The lowest BCUT2D eigenvalue weighted by Crippen LogP contribution is -2.23. The minimum Gasteiger partial charge on any atom is -0.333 e. The van der Waals surface area contributed by atoms with Crippen LogP contribution in [0.15, 0.2) is 66.1 Å². The maximum absolute atomic E-state index is 12.5. The van der Waals surface area contributed by atoms with Gasteiger partial charge in [0.2, 0.25) is 10.0 Å². The van der Waals surface area contributed by atoms with Crippen molar-refractivity contribution in [1.82, 2.24) is 14.3 Å². The number of nitrogens with zero attached hydrogens (tertiary/aromatic N) is 3. The summed E-state index contributed by atoms with van der Waals surface area (Å²) in [6.07, 6.45) is 5.25. The molecule has 0 atom stereocenters. The summed E-state index contributed by atoms with van der Waals surface area (Å²) >= 11 is 0. The van der Waals surface area contributed by atoms with Gasteiger partial charge >= 0.3 is 0 Å². The molecule has 1 N–H and O–H groups in total. The Hall–Kier alpha value is -3.04. The first-order chi connectivity index (χ1) is 12.8. The van der Waals surface area contributed by atoms with Gasteiger partial charge in [-0.05, 0) is 24.1 Å². The van der Waals surface area contributed by atoms with E-state index in [0.29, 0.717) is 12.1 Å². The van der Waals surface area contributed by atoms with E-state index in [2.05, 4.69) is 9.71 Å². The number of nitro benzene ring substituents is 1. The second-order valence-corrected chi connectivity index (χ2v) is 7.85. The van der Waals surface area contributed by atoms with Gasteiger partial charge in [0.25, 0.3) is 5.69 Å². The first-order valence-corrected chi connectivity index (χ1v) is 9.62. The molecule has 0 fully saturated rings. The zero-order valence-corrected chi connectivity index (χ0v) is 15.4. The van der Waals surface area contributed by atoms with E-state index in [9.17, 15) is 18.5 Å². The second-order valence-electron chi connectivity index (χ2n) is 6.08. The number of rotatable bonds is 7. The summed E-state index contributed by atoms with van der Waals surface area (Å²) in [5.74, 6) is 0. The molecule has 0 aliphatic heterocycles. The predicted molar refractivity (Wildman–Crippen MR) is 99.6 cm³/mol. The van der Waals surface area contributed by atoms with Crippen LogP contribution in [0.4, 0.5) is 5.69 Å². The van der Waals surface area contributed by atoms with Crippen LogP contribution in [0.1, 0.15) is 16.7 Å². The van der Waals surface area contributed by atoms with Crippen molar-refractivity contribution in [3.8, 4) is 0 Å². The van der Waals surface area contributed by atoms with Gasteiger partial charge in [-0.3, -0.25) is 10.1 Å². The normalized spacial score (nSPS) is 11.4. The van der Waals surface area contributed by atoms with Gasteiger partial charge in [-0.2, -0.15) is 0 Å². The van der Waals surface area contributed by atoms with Crippen molar-refractivity contribution < 1.29 is 13.3 Å². The molecule has 0 bridgehead atoms. The molecule has 0 spiro atoms. The minimum atomic E-state index is -3.86. The van der Waals surface area contributed by atoms with E-state index in [1.54, 1.807) is 19.4 Å². The third kappa shape index (κ3) is 4.57. The maximum atomic E-state index is 12.5. The molecular weight excluding hydrogens is 368 g/mol. The van der Waals surface area contributed by atoms with Crippen LogP contribution in [0.25, 0.3) is 0 Å². The summed E-state index contributed by atoms with van der Waals surface area (Å²) in [5, 5.41) is 11.0. The van der Waals surface area contributed by atoms with Crippen LogP contribution in [-0.2, 0) is 23.1 Å². The summed E-state index contributed by atoms with van der Waals surface area (Å²) in [4.78, 5) is 14.3. The third-order valence-corrected chi connectivity index (χ3v) is 5.47. The first kappa shape index (κ1) is 18.7. The Morgan fingerprint density at radius 3 is 2.67 bits per heavy atom. The molecule has 3 aromatic rings. The lowest BCUT2D eigenvalue weighted by Gasteiger charge is -2.09. The van der Waals surface area contributed by atoms with Crippen LogP contribution in [-0.4, -0.2) is 22.9 Å². The molecular formula is C18H18N4O4S. The molecule has 0 unspecified atom stereocenters. The monoisotopic (exact) mass is 386 g/mol. The molecule has 1 aromatic heterocycles. The Bertz CT molecular complexity index is 1060. The number of nitrogens with one attached hydrogen (secondary N) is 1. The lowest BCUT2D eigenvalue weighted by molar-refractivity contribution is -0.385. The van der Waals surface area contributed by atoms with Crippen LogP contribution in [0.5, 0.6) is 0 Å². The van der Waals surface area contributed by atoms with Crippen LogP contribution >= 0.6 is 0 Å². The van der Waals surface area contributed by atoms with E-state index in [1.807, 2.05) is 35.0 Å². The van der Waals surface area contributed by atoms with E-state index >= 15 is 0 Å². The molecule has 0 amide bonds. The highest BCUT2D eigenvalue weighted by Gasteiger charge is 2.19. The molecule has 8 nitrogen and oxygen atoms in total. The van der Waals surface area contributed by atoms with Crippen molar-refractivity contribution >= 4 is 15.7 Å². The summed E-state index contributed by atoms with van der Waals surface area (Å²) in [6, 6.07) is 11.4. The first-order valence-electron chi connectivity index (χ1n) is 8.13. The molecule has 1 heterocycles. The average molecular weight is 386 g/mol. The van der Waals surface area contributed by atoms with Crippen molar-refractivity contribution in [2.45, 2.75) is 24.9 Å². The summed E-state index contributed by atoms with van der Waals surface area (Å²) in [5.41, 5.74) is 1.99. The Morgan fingerprint density at radius 2 is 1.96 bits per heavy atom. The van der Waals surface area contributed by atoms with Crippen molar-refractivity contribution in [3.05, 3.63) is 88.0 Å². The van der Waals surface area contributed by atoms with Crippen molar-refractivity contribution in [1.29, 1.82) is 0 Å². The molecule has 9 heteroatoms. The Kier molecular flexibility index (Phi) is 5.33. The fraction of sp³-hybridized carbons (Fsp3) is 0.167. The zero-order chi connectivity index (χ0) is 19.4. The summed E-state index contributed by atoms with van der Waals surface area (Å²) in [6.45, 7) is 2.28. The number of sulfonamides is 1. The highest BCUT2D eigenvalue weighted by molar-refractivity contribution is 7.89. The number of hydrogen-bond acceptors (Lipinski definition) is 5. The summed E-state index contributed by atoms with van der Waals surface area (Å²) in [7, 11) is -3.86. The third-order valence-electron chi connectivity index (χ3n) is 4.07. The van der Waals surface area contributed by atoms with Gasteiger partial charge in [0.05, 0.1) is 16.1 Å². The predicted octanol–water partition coefficient (Wildman–Crippen LogP) is 2.63. The molecule has 3 rings (SSSR count). The molecule has 2 aromatic carbocycles. The van der Waals surface area contributed by atoms with E-state index in [0.717, 1.165) is 17.2 Å². The molecule has 0 saturated heterocycles. The summed E-state index contributed by atoms with van der Waals surface area (Å²) < 4.78 is 29.4. The molecule has 0 aliphatic carbocycles. The van der Waals surface area contributed by atoms with E-state index in [4.69, 9.17) is 0 Å². The van der Waals surface area contributed by atoms with Gasteiger partial charge in [0.1, 0.15) is 0 Å². The maximum Gasteiger partial charge on any atom is 0.273 e. The highest BCUT2D eigenvalue weighted by Crippen LogP contribution is 2.22. The largest absolute Gasteiger partial charge is 0.333 e. The van der Waals surface area contributed by atoms with Gasteiger partial charge in [-0.1, -0.05) is 30.3 Å². The van der Waals surface area contributed by atoms with E-state index in [-0.39, 0.29) is 17.1 Å². The van der Waals surface area contributed by atoms with Crippen LogP contribution in [0.2, 0.25) is 0 Å². The smallest absolute Gasteiger partial charge is 0.273 e. The Labute approximate surface area is 156 Å². The molecule has 27 heavy (non-hydrogen) atoms. The highest BCUT2D eigenvalue weighted by atomic mass is 32.2. The van der Waals surface area contributed by atoms with Gasteiger partial charge in [0.15, 0.2) is 0 Å². The molecule has 0 saturated carbocycles. The van der Waals surface area contributed by atoms with Crippen molar-refractivity contribution in [2.75, 3.05) is 0 Å². The number of benzene rings is 2. The standard InChI is InChI=1S/C18H18N4O4S/c1-14-5-6-17(10-18(14)22(23)24)27(25,26)20-11-15-3-2-4-16(9-15)12-21-8-7-19-13-21/h2-10,13,20H,11-12H2,1H3. The second kappa shape index (κ2) is 7.68. The molecule has 0 radical (unpaired) electrons. The van der Waals surface area contributed by atoms with E-state index in [1.165, 1.54) is 12.1 Å². The molecule has 0 aliphatic rings.